The summed E-state index contributed by atoms with van der Waals surface area (Å²) in [7, 11) is 0. The molecule has 1 heterocycles. The van der Waals surface area contributed by atoms with E-state index in [0.29, 0.717) is 11.7 Å². The molecule has 1 aromatic heterocycles. The molecule has 0 aromatic carbocycles. The van der Waals surface area contributed by atoms with Gasteiger partial charge in [0.2, 0.25) is 0 Å². The van der Waals surface area contributed by atoms with E-state index in [1.807, 2.05) is 0 Å². The lowest BCUT2D eigenvalue weighted by Crippen LogP contribution is -2.13. The Bertz CT molecular complexity index is 308. The number of aromatic nitrogens is 1. The molecule has 2 unspecified atom stereocenters. The molecule has 2 rings (SSSR count). The van der Waals surface area contributed by atoms with Gasteiger partial charge in [-0.15, -0.1) is 0 Å². The van der Waals surface area contributed by atoms with E-state index in [9.17, 15) is 0 Å². The SMILES string of the molecule is CC1Cc2onc(CS)c2C(C)C1. The summed E-state index contributed by atoms with van der Waals surface area (Å²) in [5.74, 6) is 3.10. The fourth-order valence-electron chi connectivity index (χ4n) is 2.31. The predicted octanol–water partition coefficient (Wildman–Crippen LogP) is 2.79. The first kappa shape index (κ1) is 9.13. The van der Waals surface area contributed by atoms with E-state index in [1.54, 1.807) is 0 Å². The molecule has 0 aliphatic heterocycles. The molecule has 2 atom stereocenters. The number of thiol groups is 1. The standard InChI is InChI=1S/C10H15NOS/c1-6-3-7(2)10-8(5-13)11-12-9(10)4-6/h6-7,13H,3-5H2,1-2H3. The molecular weight excluding hydrogens is 182 g/mol. The van der Waals surface area contributed by atoms with Crippen LogP contribution >= 0.6 is 12.6 Å². The van der Waals surface area contributed by atoms with Crippen molar-refractivity contribution < 1.29 is 4.52 Å². The van der Waals surface area contributed by atoms with Crippen molar-refractivity contribution in [3.05, 3.63) is 17.0 Å². The Hall–Kier alpha value is -0.440. The van der Waals surface area contributed by atoms with Crippen molar-refractivity contribution in [1.29, 1.82) is 0 Å². The maximum absolute atomic E-state index is 5.32. The molecule has 13 heavy (non-hydrogen) atoms. The highest BCUT2D eigenvalue weighted by Gasteiger charge is 2.27. The van der Waals surface area contributed by atoms with E-state index in [4.69, 9.17) is 4.52 Å². The Morgan fingerprint density at radius 2 is 2.31 bits per heavy atom. The van der Waals surface area contributed by atoms with Crippen LogP contribution in [0.5, 0.6) is 0 Å². The largest absolute Gasteiger partial charge is 0.361 e. The normalized spacial score (nSPS) is 27.3. The first-order valence-electron chi connectivity index (χ1n) is 4.80. The van der Waals surface area contributed by atoms with E-state index in [1.165, 1.54) is 12.0 Å². The molecule has 2 nitrogen and oxygen atoms in total. The van der Waals surface area contributed by atoms with Crippen molar-refractivity contribution in [2.24, 2.45) is 5.92 Å². The maximum Gasteiger partial charge on any atom is 0.140 e. The number of nitrogens with zero attached hydrogens (tertiary/aromatic N) is 1. The molecule has 0 fully saturated rings. The first-order chi connectivity index (χ1) is 6.22. The van der Waals surface area contributed by atoms with Gasteiger partial charge in [-0.05, 0) is 18.3 Å². The molecule has 0 N–H and O–H groups in total. The quantitative estimate of drug-likeness (QED) is 0.701. The lowest BCUT2D eigenvalue weighted by Gasteiger charge is -2.22. The Morgan fingerprint density at radius 3 is 3.00 bits per heavy atom. The van der Waals surface area contributed by atoms with Crippen molar-refractivity contribution >= 4 is 12.6 Å². The molecule has 1 aromatic rings. The number of rotatable bonds is 1. The molecular formula is C10H15NOS. The number of fused-ring (bicyclic) bond motifs is 1. The Balaban J connectivity index is 2.40. The fourth-order valence-corrected chi connectivity index (χ4v) is 2.54. The molecule has 3 heteroatoms. The molecule has 0 spiro atoms. The van der Waals surface area contributed by atoms with Crippen LogP contribution in [0.4, 0.5) is 0 Å². The van der Waals surface area contributed by atoms with Crippen LogP contribution in [0.3, 0.4) is 0 Å². The van der Waals surface area contributed by atoms with Gasteiger partial charge in [-0.2, -0.15) is 12.6 Å². The van der Waals surface area contributed by atoms with Crippen LogP contribution in [0, 0.1) is 5.92 Å². The molecule has 72 valence electrons. The minimum atomic E-state index is 0.590. The van der Waals surface area contributed by atoms with Crippen LogP contribution in [-0.4, -0.2) is 5.16 Å². The third-order valence-corrected chi connectivity index (χ3v) is 3.11. The summed E-state index contributed by atoms with van der Waals surface area (Å²) in [5, 5.41) is 4.05. The smallest absolute Gasteiger partial charge is 0.140 e. The second-order valence-corrected chi connectivity index (χ2v) is 4.39. The van der Waals surface area contributed by atoms with Gasteiger partial charge in [0.25, 0.3) is 0 Å². The van der Waals surface area contributed by atoms with E-state index >= 15 is 0 Å². The Kier molecular flexibility index (Phi) is 2.37. The van der Waals surface area contributed by atoms with Crippen LogP contribution in [0.2, 0.25) is 0 Å². The third-order valence-electron chi connectivity index (χ3n) is 2.81. The first-order valence-corrected chi connectivity index (χ1v) is 5.43. The molecule has 0 amide bonds. The minimum Gasteiger partial charge on any atom is -0.361 e. The summed E-state index contributed by atoms with van der Waals surface area (Å²) in [6, 6.07) is 0. The summed E-state index contributed by atoms with van der Waals surface area (Å²) < 4.78 is 5.32. The molecule has 1 aliphatic carbocycles. The molecule has 1 aliphatic rings. The lowest BCUT2D eigenvalue weighted by molar-refractivity contribution is 0.333. The van der Waals surface area contributed by atoms with Gasteiger partial charge in [0.1, 0.15) is 5.76 Å². The van der Waals surface area contributed by atoms with Gasteiger partial charge in [-0.3, -0.25) is 0 Å². The zero-order valence-corrected chi connectivity index (χ0v) is 8.97. The predicted molar refractivity (Wildman–Crippen MR) is 55.1 cm³/mol. The van der Waals surface area contributed by atoms with E-state index in [0.717, 1.165) is 23.8 Å². The van der Waals surface area contributed by atoms with Gasteiger partial charge < -0.3 is 4.52 Å². The zero-order valence-electron chi connectivity index (χ0n) is 8.08. The van der Waals surface area contributed by atoms with Gasteiger partial charge >= 0.3 is 0 Å². The van der Waals surface area contributed by atoms with E-state index in [2.05, 4.69) is 31.6 Å². The van der Waals surface area contributed by atoms with Crippen molar-refractivity contribution in [1.82, 2.24) is 5.16 Å². The van der Waals surface area contributed by atoms with Crippen LogP contribution in [0.25, 0.3) is 0 Å². The van der Waals surface area contributed by atoms with Gasteiger partial charge in [0.05, 0.1) is 5.69 Å². The van der Waals surface area contributed by atoms with Gasteiger partial charge in [0, 0.05) is 17.7 Å². The summed E-state index contributed by atoms with van der Waals surface area (Å²) in [6.07, 6.45) is 2.29. The second kappa shape index (κ2) is 3.37. The highest BCUT2D eigenvalue weighted by Crippen LogP contribution is 2.36. The second-order valence-electron chi connectivity index (χ2n) is 4.07. The molecule has 0 saturated carbocycles. The highest BCUT2D eigenvalue weighted by atomic mass is 32.1. The topological polar surface area (TPSA) is 26.0 Å². The van der Waals surface area contributed by atoms with Crippen molar-refractivity contribution in [3.8, 4) is 0 Å². The number of hydrogen-bond acceptors (Lipinski definition) is 3. The Morgan fingerprint density at radius 1 is 1.54 bits per heavy atom. The van der Waals surface area contributed by atoms with Gasteiger partial charge in [0.15, 0.2) is 0 Å². The monoisotopic (exact) mass is 197 g/mol. The van der Waals surface area contributed by atoms with E-state index < -0.39 is 0 Å². The van der Waals surface area contributed by atoms with Crippen LogP contribution in [0.15, 0.2) is 4.52 Å². The Labute approximate surface area is 84.1 Å². The third kappa shape index (κ3) is 1.50. The molecule has 0 radical (unpaired) electrons. The van der Waals surface area contributed by atoms with Crippen molar-refractivity contribution in [2.75, 3.05) is 0 Å². The molecule has 0 bridgehead atoms. The molecule has 0 saturated heterocycles. The highest BCUT2D eigenvalue weighted by molar-refractivity contribution is 7.79. The summed E-state index contributed by atoms with van der Waals surface area (Å²) in [5.41, 5.74) is 2.37. The van der Waals surface area contributed by atoms with E-state index in [-0.39, 0.29) is 0 Å². The minimum absolute atomic E-state index is 0.590. The number of hydrogen-bond donors (Lipinski definition) is 1. The zero-order chi connectivity index (χ0) is 9.42. The summed E-state index contributed by atoms with van der Waals surface area (Å²) in [4.78, 5) is 0. The van der Waals surface area contributed by atoms with Crippen LogP contribution in [-0.2, 0) is 12.2 Å². The maximum atomic E-state index is 5.32. The van der Waals surface area contributed by atoms with Crippen molar-refractivity contribution in [3.63, 3.8) is 0 Å². The van der Waals surface area contributed by atoms with Gasteiger partial charge in [-0.1, -0.05) is 19.0 Å². The van der Waals surface area contributed by atoms with Gasteiger partial charge in [-0.25, -0.2) is 0 Å². The van der Waals surface area contributed by atoms with Crippen LogP contribution < -0.4 is 0 Å². The van der Waals surface area contributed by atoms with Crippen LogP contribution in [0.1, 0.15) is 43.2 Å². The summed E-state index contributed by atoms with van der Waals surface area (Å²) in [6.45, 7) is 4.51. The average molecular weight is 197 g/mol. The summed E-state index contributed by atoms with van der Waals surface area (Å²) >= 11 is 4.25. The van der Waals surface area contributed by atoms with Crippen molar-refractivity contribution in [2.45, 2.75) is 38.4 Å². The average Bonchev–Trinajstić information content (AvgIpc) is 2.47. The fraction of sp³-hybridized carbons (Fsp3) is 0.700. The lowest BCUT2D eigenvalue weighted by atomic mass is 9.81.